The Morgan fingerprint density at radius 2 is 2.19 bits per heavy atom. The highest BCUT2D eigenvalue weighted by Crippen LogP contribution is 2.17. The highest BCUT2D eigenvalue weighted by molar-refractivity contribution is 5.69. The van der Waals surface area contributed by atoms with Crippen molar-refractivity contribution in [2.45, 2.75) is 19.3 Å². The molecule has 0 atom stereocenters. The smallest absolute Gasteiger partial charge is 0.306 e. The number of phenolic OH excluding ortho intramolecular Hbond substituents is 1. The number of aromatic hydroxyl groups is 1. The highest BCUT2D eigenvalue weighted by Gasteiger charge is 2.04. The standard InChI is InChI=1S/C13H16O3/c1-2-10-16-13(15)9-5-7-11-6-3-4-8-12(11)14/h2-4,6,8,14H,1,5,7,9-10H2. The van der Waals surface area contributed by atoms with Crippen LogP contribution in [-0.4, -0.2) is 17.7 Å². The number of carbonyl (C=O) groups excluding carboxylic acids is 1. The molecule has 1 N–H and O–H groups in total. The van der Waals surface area contributed by atoms with Gasteiger partial charge >= 0.3 is 5.97 Å². The molecule has 86 valence electrons. The van der Waals surface area contributed by atoms with E-state index in [-0.39, 0.29) is 18.3 Å². The number of benzene rings is 1. The maximum atomic E-state index is 11.1. The second kappa shape index (κ2) is 6.67. The first-order valence-electron chi connectivity index (χ1n) is 5.27. The fourth-order valence-corrected chi connectivity index (χ4v) is 1.37. The van der Waals surface area contributed by atoms with Crippen LogP contribution >= 0.6 is 0 Å². The van der Waals surface area contributed by atoms with E-state index < -0.39 is 0 Å². The lowest BCUT2D eigenvalue weighted by atomic mass is 10.1. The van der Waals surface area contributed by atoms with E-state index >= 15 is 0 Å². The van der Waals surface area contributed by atoms with Gasteiger partial charge in [-0.25, -0.2) is 0 Å². The SMILES string of the molecule is C=CCOC(=O)CCCc1ccccc1O. The maximum absolute atomic E-state index is 11.1. The van der Waals surface area contributed by atoms with Crippen LogP contribution in [0.1, 0.15) is 18.4 Å². The van der Waals surface area contributed by atoms with Crippen molar-refractivity contribution in [3.05, 3.63) is 42.5 Å². The number of hydrogen-bond donors (Lipinski definition) is 1. The van der Waals surface area contributed by atoms with Gasteiger partial charge in [-0.2, -0.15) is 0 Å². The Kier molecular flexibility index (Phi) is 5.12. The van der Waals surface area contributed by atoms with Crippen LogP contribution in [0.3, 0.4) is 0 Å². The van der Waals surface area contributed by atoms with E-state index in [4.69, 9.17) is 4.74 Å². The number of carbonyl (C=O) groups is 1. The third-order valence-electron chi connectivity index (χ3n) is 2.18. The van der Waals surface area contributed by atoms with Gasteiger partial charge in [0.25, 0.3) is 0 Å². The monoisotopic (exact) mass is 220 g/mol. The zero-order valence-corrected chi connectivity index (χ0v) is 9.19. The lowest BCUT2D eigenvalue weighted by Crippen LogP contribution is -2.04. The lowest BCUT2D eigenvalue weighted by Gasteiger charge is -2.04. The van der Waals surface area contributed by atoms with Crippen LogP contribution in [0.4, 0.5) is 0 Å². The zero-order chi connectivity index (χ0) is 11.8. The fourth-order valence-electron chi connectivity index (χ4n) is 1.37. The molecule has 3 heteroatoms. The van der Waals surface area contributed by atoms with E-state index in [9.17, 15) is 9.90 Å². The first-order chi connectivity index (χ1) is 7.74. The summed E-state index contributed by atoms with van der Waals surface area (Å²) in [5.41, 5.74) is 0.860. The molecule has 0 aromatic heterocycles. The Labute approximate surface area is 95.4 Å². The Bertz CT molecular complexity index is 358. The summed E-state index contributed by atoms with van der Waals surface area (Å²) >= 11 is 0. The van der Waals surface area contributed by atoms with Crippen molar-refractivity contribution in [3.8, 4) is 5.75 Å². The van der Waals surface area contributed by atoms with Crippen molar-refractivity contribution in [2.24, 2.45) is 0 Å². The van der Waals surface area contributed by atoms with Crippen LogP contribution in [0.5, 0.6) is 5.75 Å². The van der Waals surface area contributed by atoms with Gasteiger partial charge in [-0.15, -0.1) is 0 Å². The second-order valence-electron chi connectivity index (χ2n) is 3.45. The molecule has 1 rings (SSSR count). The van der Waals surface area contributed by atoms with Crippen LogP contribution in [0.2, 0.25) is 0 Å². The van der Waals surface area contributed by atoms with Gasteiger partial charge in [0.05, 0.1) is 0 Å². The summed E-state index contributed by atoms with van der Waals surface area (Å²) in [7, 11) is 0. The van der Waals surface area contributed by atoms with Crippen molar-refractivity contribution in [1.29, 1.82) is 0 Å². The molecule has 0 amide bonds. The molecular weight excluding hydrogens is 204 g/mol. The van der Waals surface area contributed by atoms with Crippen molar-refractivity contribution in [1.82, 2.24) is 0 Å². The predicted molar refractivity (Wildman–Crippen MR) is 62.2 cm³/mol. The van der Waals surface area contributed by atoms with E-state index in [1.54, 1.807) is 18.2 Å². The molecule has 0 bridgehead atoms. The summed E-state index contributed by atoms with van der Waals surface area (Å²) in [5, 5.41) is 9.49. The Hall–Kier alpha value is -1.77. The molecule has 3 nitrogen and oxygen atoms in total. The minimum atomic E-state index is -0.227. The largest absolute Gasteiger partial charge is 0.508 e. The quantitative estimate of drug-likeness (QED) is 0.591. The third kappa shape index (κ3) is 4.17. The highest BCUT2D eigenvalue weighted by atomic mass is 16.5. The van der Waals surface area contributed by atoms with Gasteiger partial charge in [0.1, 0.15) is 12.4 Å². The molecular formula is C13H16O3. The number of ether oxygens (including phenoxy) is 1. The van der Waals surface area contributed by atoms with Crippen LogP contribution in [0.15, 0.2) is 36.9 Å². The molecule has 0 radical (unpaired) electrons. The lowest BCUT2D eigenvalue weighted by molar-refractivity contribution is -0.142. The Morgan fingerprint density at radius 1 is 1.44 bits per heavy atom. The van der Waals surface area contributed by atoms with Crippen LogP contribution in [0, 0.1) is 0 Å². The number of rotatable bonds is 6. The van der Waals surface area contributed by atoms with Crippen LogP contribution < -0.4 is 0 Å². The summed E-state index contributed by atoms with van der Waals surface area (Å²) in [6, 6.07) is 7.14. The molecule has 0 spiro atoms. The van der Waals surface area contributed by atoms with E-state index in [2.05, 4.69) is 6.58 Å². The van der Waals surface area contributed by atoms with Crippen LogP contribution in [-0.2, 0) is 16.0 Å². The topological polar surface area (TPSA) is 46.5 Å². The molecule has 0 saturated carbocycles. The number of esters is 1. The maximum Gasteiger partial charge on any atom is 0.306 e. The summed E-state index contributed by atoms with van der Waals surface area (Å²) < 4.78 is 4.84. The number of phenols is 1. The average molecular weight is 220 g/mol. The fraction of sp³-hybridized carbons (Fsp3) is 0.308. The minimum Gasteiger partial charge on any atom is -0.508 e. The molecule has 0 fully saturated rings. The van der Waals surface area contributed by atoms with E-state index in [1.807, 2.05) is 12.1 Å². The predicted octanol–water partition coefficient (Wildman–Crippen LogP) is 2.44. The summed E-state index contributed by atoms with van der Waals surface area (Å²) in [4.78, 5) is 11.1. The molecule has 0 saturated heterocycles. The van der Waals surface area contributed by atoms with Gasteiger partial charge in [-0.1, -0.05) is 30.9 Å². The first-order valence-corrected chi connectivity index (χ1v) is 5.27. The Morgan fingerprint density at radius 3 is 2.88 bits per heavy atom. The van der Waals surface area contributed by atoms with Crippen molar-refractivity contribution in [3.63, 3.8) is 0 Å². The summed E-state index contributed by atoms with van der Waals surface area (Å²) in [6.45, 7) is 3.72. The van der Waals surface area contributed by atoms with Crippen molar-refractivity contribution >= 4 is 5.97 Å². The minimum absolute atomic E-state index is 0.227. The molecule has 0 aliphatic heterocycles. The molecule has 0 aliphatic rings. The van der Waals surface area contributed by atoms with Gasteiger partial charge < -0.3 is 9.84 Å². The zero-order valence-electron chi connectivity index (χ0n) is 9.19. The Balaban J connectivity index is 2.28. The van der Waals surface area contributed by atoms with Gasteiger partial charge in [0.2, 0.25) is 0 Å². The summed E-state index contributed by atoms with van der Waals surface area (Å²) in [6.07, 6.45) is 3.26. The molecule has 0 aliphatic carbocycles. The van der Waals surface area contributed by atoms with E-state index in [1.165, 1.54) is 0 Å². The van der Waals surface area contributed by atoms with Crippen LogP contribution in [0.25, 0.3) is 0 Å². The van der Waals surface area contributed by atoms with Gasteiger partial charge in [-0.3, -0.25) is 4.79 Å². The van der Waals surface area contributed by atoms with Crippen molar-refractivity contribution in [2.75, 3.05) is 6.61 Å². The van der Waals surface area contributed by atoms with E-state index in [0.717, 1.165) is 5.56 Å². The molecule has 0 unspecified atom stereocenters. The molecule has 1 aromatic carbocycles. The third-order valence-corrected chi connectivity index (χ3v) is 2.18. The van der Waals surface area contributed by atoms with E-state index in [0.29, 0.717) is 19.3 Å². The number of hydrogen-bond acceptors (Lipinski definition) is 3. The first kappa shape index (κ1) is 12.3. The molecule has 0 heterocycles. The average Bonchev–Trinajstić information content (AvgIpc) is 2.29. The normalized spacial score (nSPS) is 9.75. The number of aryl methyl sites for hydroxylation is 1. The number of para-hydroxylation sites is 1. The van der Waals surface area contributed by atoms with Gasteiger partial charge in [0.15, 0.2) is 0 Å². The van der Waals surface area contributed by atoms with Gasteiger partial charge in [0, 0.05) is 6.42 Å². The molecule has 16 heavy (non-hydrogen) atoms. The summed E-state index contributed by atoms with van der Waals surface area (Å²) in [5.74, 6) is 0.0530. The van der Waals surface area contributed by atoms with Crippen molar-refractivity contribution < 1.29 is 14.6 Å². The molecule has 1 aromatic rings. The second-order valence-corrected chi connectivity index (χ2v) is 3.45. The van der Waals surface area contributed by atoms with Gasteiger partial charge in [-0.05, 0) is 24.5 Å².